The molecule has 0 aromatic carbocycles. The lowest BCUT2D eigenvalue weighted by atomic mass is 10.1. The van der Waals surface area contributed by atoms with Crippen LogP contribution in [0.5, 0.6) is 0 Å². The van der Waals surface area contributed by atoms with E-state index in [-0.39, 0.29) is 6.10 Å². The molecule has 0 amide bonds. The zero-order valence-corrected chi connectivity index (χ0v) is 10.3. The topological polar surface area (TPSA) is 31.4 Å². The van der Waals surface area contributed by atoms with Crippen molar-refractivity contribution in [1.82, 2.24) is 4.98 Å². The van der Waals surface area contributed by atoms with Crippen LogP contribution in [0.1, 0.15) is 18.4 Å². The van der Waals surface area contributed by atoms with Crippen molar-refractivity contribution in [2.45, 2.75) is 25.6 Å². The predicted molar refractivity (Wildman–Crippen MR) is 62.9 cm³/mol. The van der Waals surface area contributed by atoms with Crippen molar-refractivity contribution in [2.24, 2.45) is 0 Å². The minimum absolute atomic E-state index is 0.264. The number of hydrogen-bond acceptors (Lipinski definition) is 3. The summed E-state index contributed by atoms with van der Waals surface area (Å²) in [5.74, 6) is 0. The lowest BCUT2D eigenvalue weighted by molar-refractivity contribution is -0.0391. The summed E-state index contributed by atoms with van der Waals surface area (Å²) >= 11 is 11.7. The van der Waals surface area contributed by atoms with Crippen LogP contribution in [0.3, 0.4) is 0 Å². The van der Waals surface area contributed by atoms with E-state index in [1.54, 1.807) is 12.3 Å². The quantitative estimate of drug-likeness (QED) is 0.784. The second-order valence-electron chi connectivity index (χ2n) is 3.72. The number of aromatic nitrogens is 1. The Kier molecular flexibility index (Phi) is 4.41. The van der Waals surface area contributed by atoms with E-state index in [9.17, 15) is 0 Å². The third kappa shape index (κ3) is 3.32. The summed E-state index contributed by atoms with van der Waals surface area (Å²) in [6.45, 7) is 2.03. The smallest absolute Gasteiger partial charge is 0.130 e. The minimum atomic E-state index is 0.264. The highest BCUT2D eigenvalue weighted by Crippen LogP contribution is 2.21. The molecule has 1 aromatic rings. The number of pyridine rings is 1. The predicted octanol–water partition coefficient (Wildman–Crippen LogP) is 3.08. The molecule has 0 N–H and O–H groups in total. The van der Waals surface area contributed by atoms with Gasteiger partial charge in [-0.15, -0.1) is 0 Å². The van der Waals surface area contributed by atoms with Crippen molar-refractivity contribution >= 4 is 23.2 Å². The molecule has 88 valence electrons. The van der Waals surface area contributed by atoms with Crippen LogP contribution in [-0.2, 0) is 16.1 Å². The van der Waals surface area contributed by atoms with Crippen molar-refractivity contribution in [3.05, 3.63) is 28.0 Å². The second kappa shape index (κ2) is 5.82. The highest BCUT2D eigenvalue weighted by molar-refractivity contribution is 6.34. The van der Waals surface area contributed by atoms with Gasteiger partial charge in [-0.25, -0.2) is 4.98 Å². The van der Waals surface area contributed by atoms with Gasteiger partial charge in [0.15, 0.2) is 0 Å². The second-order valence-corrected chi connectivity index (χ2v) is 4.52. The number of rotatable bonds is 3. The largest absolute Gasteiger partial charge is 0.381 e. The van der Waals surface area contributed by atoms with Crippen molar-refractivity contribution in [3.8, 4) is 0 Å². The van der Waals surface area contributed by atoms with Crippen molar-refractivity contribution in [1.29, 1.82) is 0 Å². The molecule has 2 heterocycles. The van der Waals surface area contributed by atoms with Gasteiger partial charge in [0.1, 0.15) is 5.15 Å². The van der Waals surface area contributed by atoms with Gasteiger partial charge in [0, 0.05) is 25.0 Å². The number of halogens is 2. The van der Waals surface area contributed by atoms with E-state index in [0.29, 0.717) is 16.8 Å². The van der Waals surface area contributed by atoms with Gasteiger partial charge in [-0.1, -0.05) is 23.2 Å². The molecular weight excluding hydrogens is 249 g/mol. The molecule has 1 aliphatic rings. The van der Waals surface area contributed by atoms with Gasteiger partial charge in [0.25, 0.3) is 0 Å². The molecular formula is C11H13Cl2NO2. The Morgan fingerprint density at radius 1 is 1.38 bits per heavy atom. The van der Waals surface area contributed by atoms with Gasteiger partial charge in [-0.05, 0) is 18.9 Å². The fraction of sp³-hybridized carbons (Fsp3) is 0.545. The first-order valence-electron chi connectivity index (χ1n) is 5.25. The molecule has 0 spiro atoms. The van der Waals surface area contributed by atoms with Crippen LogP contribution < -0.4 is 0 Å². The minimum Gasteiger partial charge on any atom is -0.381 e. The van der Waals surface area contributed by atoms with E-state index < -0.39 is 0 Å². The van der Waals surface area contributed by atoms with E-state index in [4.69, 9.17) is 32.7 Å². The van der Waals surface area contributed by atoms with E-state index in [1.807, 2.05) is 0 Å². The first-order chi connectivity index (χ1) is 7.75. The van der Waals surface area contributed by atoms with Gasteiger partial charge in [0.2, 0.25) is 0 Å². The summed E-state index contributed by atoms with van der Waals surface area (Å²) in [4.78, 5) is 3.98. The van der Waals surface area contributed by atoms with Gasteiger partial charge in [0.05, 0.1) is 17.7 Å². The molecule has 2 rings (SSSR count). The van der Waals surface area contributed by atoms with Crippen LogP contribution in [0.25, 0.3) is 0 Å². The zero-order chi connectivity index (χ0) is 11.4. The summed E-state index contributed by atoms with van der Waals surface area (Å²) in [6, 6.07) is 1.63. The first kappa shape index (κ1) is 12.1. The summed E-state index contributed by atoms with van der Waals surface area (Å²) in [5, 5.41) is 1.01. The van der Waals surface area contributed by atoms with Crippen molar-refractivity contribution < 1.29 is 9.47 Å². The highest BCUT2D eigenvalue weighted by atomic mass is 35.5. The average molecular weight is 262 g/mol. The van der Waals surface area contributed by atoms with Crippen molar-refractivity contribution in [3.63, 3.8) is 0 Å². The standard InChI is InChI=1S/C11H13Cl2NO2/c12-10-5-11(13)14-6-8(10)7-16-9-1-3-15-4-2-9/h5-6,9H,1-4,7H2. The SMILES string of the molecule is Clc1cc(Cl)c(COC2CCOCC2)cn1. The maximum atomic E-state index is 6.02. The Morgan fingerprint density at radius 3 is 2.81 bits per heavy atom. The molecule has 16 heavy (non-hydrogen) atoms. The molecule has 0 bridgehead atoms. The molecule has 0 aliphatic carbocycles. The molecule has 5 heteroatoms. The monoisotopic (exact) mass is 261 g/mol. The van der Waals surface area contributed by atoms with E-state index in [1.165, 1.54) is 0 Å². The Bertz CT molecular complexity index is 354. The van der Waals surface area contributed by atoms with E-state index >= 15 is 0 Å². The molecule has 0 saturated carbocycles. The molecule has 1 aliphatic heterocycles. The van der Waals surface area contributed by atoms with Crippen LogP contribution in [0, 0.1) is 0 Å². The molecule has 0 radical (unpaired) electrons. The Hall–Kier alpha value is -0.350. The Morgan fingerprint density at radius 2 is 2.12 bits per heavy atom. The van der Waals surface area contributed by atoms with Gasteiger partial charge < -0.3 is 9.47 Å². The molecule has 0 unspecified atom stereocenters. The summed E-state index contributed by atoms with van der Waals surface area (Å²) in [6.07, 6.45) is 3.81. The third-order valence-electron chi connectivity index (χ3n) is 2.54. The normalized spacial score (nSPS) is 17.6. The molecule has 1 saturated heterocycles. The summed E-state index contributed by atoms with van der Waals surface area (Å²) < 4.78 is 11.0. The highest BCUT2D eigenvalue weighted by Gasteiger charge is 2.14. The Balaban J connectivity index is 1.88. The number of nitrogens with zero attached hydrogens (tertiary/aromatic N) is 1. The van der Waals surface area contributed by atoms with E-state index in [2.05, 4.69) is 4.98 Å². The lowest BCUT2D eigenvalue weighted by Gasteiger charge is -2.22. The third-order valence-corrected chi connectivity index (χ3v) is 3.10. The first-order valence-corrected chi connectivity index (χ1v) is 6.00. The Labute approximate surface area is 105 Å². The van der Waals surface area contributed by atoms with Crippen LogP contribution in [0.2, 0.25) is 10.2 Å². The molecule has 0 atom stereocenters. The van der Waals surface area contributed by atoms with Crippen molar-refractivity contribution in [2.75, 3.05) is 13.2 Å². The van der Waals surface area contributed by atoms with Crippen LogP contribution >= 0.6 is 23.2 Å². The fourth-order valence-electron chi connectivity index (χ4n) is 1.59. The fourth-order valence-corrected chi connectivity index (χ4v) is 2.01. The van der Waals surface area contributed by atoms with Crippen LogP contribution in [0.15, 0.2) is 12.3 Å². The maximum absolute atomic E-state index is 6.02. The van der Waals surface area contributed by atoms with Gasteiger partial charge in [-0.3, -0.25) is 0 Å². The van der Waals surface area contributed by atoms with Gasteiger partial charge >= 0.3 is 0 Å². The lowest BCUT2D eigenvalue weighted by Crippen LogP contribution is -2.23. The number of hydrogen-bond donors (Lipinski definition) is 0. The summed E-state index contributed by atoms with van der Waals surface area (Å²) in [5.41, 5.74) is 0.873. The zero-order valence-electron chi connectivity index (χ0n) is 8.79. The van der Waals surface area contributed by atoms with E-state index in [0.717, 1.165) is 31.6 Å². The maximum Gasteiger partial charge on any atom is 0.130 e. The number of ether oxygens (including phenoxy) is 2. The molecule has 1 aromatic heterocycles. The molecule has 1 fully saturated rings. The molecule has 3 nitrogen and oxygen atoms in total. The van der Waals surface area contributed by atoms with Crippen LogP contribution in [0.4, 0.5) is 0 Å². The average Bonchev–Trinajstić information content (AvgIpc) is 2.29. The van der Waals surface area contributed by atoms with Gasteiger partial charge in [-0.2, -0.15) is 0 Å². The van der Waals surface area contributed by atoms with Crippen LogP contribution in [-0.4, -0.2) is 24.3 Å². The summed E-state index contributed by atoms with van der Waals surface area (Å²) in [7, 11) is 0.